The van der Waals surface area contributed by atoms with Crippen LogP contribution < -0.4 is 5.73 Å². The third-order valence-corrected chi connectivity index (χ3v) is 5.99. The first kappa shape index (κ1) is 21.5. The molecule has 0 radical (unpaired) electrons. The van der Waals surface area contributed by atoms with E-state index < -0.39 is 11.8 Å². The lowest BCUT2D eigenvalue weighted by Crippen LogP contribution is -2.41. The largest absolute Gasteiger partial charge is 0.433 e. The molecule has 3 N–H and O–H groups in total. The van der Waals surface area contributed by atoms with Crippen LogP contribution in [0.4, 0.5) is 0 Å². The first-order chi connectivity index (χ1) is 13.7. The molecule has 3 atom stereocenters. The number of cyclic esters (lactones) is 1. The van der Waals surface area contributed by atoms with Crippen molar-refractivity contribution in [2.24, 2.45) is 11.1 Å². The number of benzene rings is 2. The van der Waals surface area contributed by atoms with Crippen molar-refractivity contribution in [3.63, 3.8) is 0 Å². The van der Waals surface area contributed by atoms with E-state index in [2.05, 4.69) is 31.2 Å². The molecule has 2 bridgehead atoms. The molecule has 4 rings (SSSR count). The van der Waals surface area contributed by atoms with Crippen LogP contribution in [0.15, 0.2) is 36.4 Å². The molecule has 0 fully saturated rings. The minimum Gasteiger partial charge on any atom is -0.433 e. The average Bonchev–Trinajstić information content (AvgIpc) is 2.65. The van der Waals surface area contributed by atoms with Gasteiger partial charge in [-0.2, -0.15) is 0 Å². The second kappa shape index (κ2) is 7.92. The van der Waals surface area contributed by atoms with Gasteiger partial charge in [-0.25, -0.2) is 0 Å². The maximum atomic E-state index is 12.6. The molecular weight excluding hydrogens is 362 g/mol. The summed E-state index contributed by atoms with van der Waals surface area (Å²) in [6.45, 7) is 9.71. The normalized spacial score (nSPS) is 29.1. The summed E-state index contributed by atoms with van der Waals surface area (Å²) in [6, 6.07) is 10.3. The van der Waals surface area contributed by atoms with E-state index in [0.29, 0.717) is 6.42 Å². The number of rotatable bonds is 0. The number of carbonyl (C=O) groups excluding carboxylic acids is 1. The molecule has 2 aliphatic rings. The van der Waals surface area contributed by atoms with Crippen molar-refractivity contribution in [3.05, 3.63) is 53.1 Å². The monoisotopic (exact) mass is 395 g/mol. The Labute approximate surface area is 173 Å². The minimum atomic E-state index is -1.49. The van der Waals surface area contributed by atoms with Gasteiger partial charge in [0.2, 0.25) is 5.79 Å². The molecule has 1 heterocycles. The van der Waals surface area contributed by atoms with E-state index in [4.69, 9.17) is 10.5 Å². The first-order valence-electron chi connectivity index (χ1n) is 10.6. The summed E-state index contributed by atoms with van der Waals surface area (Å²) < 4.78 is 5.48. The van der Waals surface area contributed by atoms with Gasteiger partial charge in [-0.15, -0.1) is 0 Å². The Hall–Kier alpha value is -2.17. The fourth-order valence-electron chi connectivity index (χ4n) is 4.89. The van der Waals surface area contributed by atoms with Crippen LogP contribution in [-0.2, 0) is 16.0 Å². The zero-order valence-corrected chi connectivity index (χ0v) is 18.2. The van der Waals surface area contributed by atoms with Crippen LogP contribution in [0.1, 0.15) is 63.6 Å². The Kier molecular flexibility index (Phi) is 5.88. The molecule has 29 heavy (non-hydrogen) atoms. The lowest BCUT2D eigenvalue weighted by atomic mass is 9.69. The van der Waals surface area contributed by atoms with Gasteiger partial charge < -0.3 is 15.6 Å². The standard InChI is InChI=1S/C23H27NO3.C2H6/c1-14-10-15-6-4-5-7-16(15)21-17(14)11-20(25)27-23(3,26)13-22(2)9-8-19(24)18(21)12-22;1-2/h4-7,10,12,19,26H,8-9,11,13,24H2,1-3H3;1-2H3. The molecule has 2 aromatic rings. The topological polar surface area (TPSA) is 72.5 Å². The Morgan fingerprint density at radius 3 is 2.62 bits per heavy atom. The van der Waals surface area contributed by atoms with E-state index in [0.717, 1.165) is 45.9 Å². The van der Waals surface area contributed by atoms with Gasteiger partial charge in [0.1, 0.15) is 0 Å². The van der Waals surface area contributed by atoms with Gasteiger partial charge in [0.15, 0.2) is 0 Å². The summed E-state index contributed by atoms with van der Waals surface area (Å²) in [7, 11) is 0. The van der Waals surface area contributed by atoms with E-state index in [9.17, 15) is 9.90 Å². The van der Waals surface area contributed by atoms with Crippen LogP contribution >= 0.6 is 0 Å². The van der Waals surface area contributed by atoms with Gasteiger partial charge in [-0.1, -0.05) is 57.2 Å². The van der Waals surface area contributed by atoms with Crippen LogP contribution in [0.25, 0.3) is 16.3 Å². The van der Waals surface area contributed by atoms with Gasteiger partial charge in [0.05, 0.1) is 6.42 Å². The number of nitrogens with two attached hydrogens (primary N) is 1. The number of aliphatic hydroxyl groups is 1. The molecule has 156 valence electrons. The highest BCUT2D eigenvalue weighted by Gasteiger charge is 2.40. The van der Waals surface area contributed by atoms with Crippen LogP contribution in [0.3, 0.4) is 0 Å². The van der Waals surface area contributed by atoms with E-state index in [-0.39, 0.29) is 17.9 Å². The second-order valence-corrected chi connectivity index (χ2v) is 8.67. The summed E-state index contributed by atoms with van der Waals surface area (Å²) in [5.41, 5.74) is 10.4. The first-order valence-corrected chi connectivity index (χ1v) is 10.6. The molecule has 4 nitrogen and oxygen atoms in total. The van der Waals surface area contributed by atoms with Crippen molar-refractivity contribution in [1.82, 2.24) is 0 Å². The van der Waals surface area contributed by atoms with Gasteiger partial charge >= 0.3 is 5.97 Å². The lowest BCUT2D eigenvalue weighted by Gasteiger charge is -2.40. The second-order valence-electron chi connectivity index (χ2n) is 8.67. The predicted octanol–water partition coefficient (Wildman–Crippen LogP) is 4.88. The van der Waals surface area contributed by atoms with Crippen LogP contribution in [-0.4, -0.2) is 22.9 Å². The van der Waals surface area contributed by atoms with Crippen molar-refractivity contribution < 1.29 is 14.6 Å². The van der Waals surface area contributed by atoms with Gasteiger partial charge in [-0.3, -0.25) is 4.79 Å². The van der Waals surface area contributed by atoms with Crippen LogP contribution in [0, 0.1) is 12.3 Å². The highest BCUT2D eigenvalue weighted by atomic mass is 16.7. The van der Waals surface area contributed by atoms with Crippen molar-refractivity contribution in [1.29, 1.82) is 0 Å². The number of ether oxygens (including phenoxy) is 1. The number of hydrogen-bond donors (Lipinski definition) is 2. The van der Waals surface area contributed by atoms with Gasteiger partial charge in [0, 0.05) is 19.4 Å². The highest BCUT2D eigenvalue weighted by Crippen LogP contribution is 2.46. The van der Waals surface area contributed by atoms with Crippen molar-refractivity contribution in [2.45, 2.75) is 72.1 Å². The number of esters is 1. The Morgan fingerprint density at radius 1 is 1.21 bits per heavy atom. The van der Waals surface area contributed by atoms with Gasteiger partial charge in [-0.05, 0) is 58.2 Å². The summed E-state index contributed by atoms with van der Waals surface area (Å²) in [5.74, 6) is -1.89. The quantitative estimate of drug-likeness (QED) is 0.624. The van der Waals surface area contributed by atoms with Crippen molar-refractivity contribution in [3.8, 4) is 0 Å². The molecule has 4 heteroatoms. The molecule has 1 aliphatic carbocycles. The number of carbonyl (C=O) groups is 1. The maximum Gasteiger partial charge on any atom is 0.312 e. The minimum absolute atomic E-state index is 0.0811. The third-order valence-electron chi connectivity index (χ3n) is 5.99. The zero-order chi connectivity index (χ0) is 21.4. The Balaban J connectivity index is 0.00000117. The molecule has 0 aromatic heterocycles. The van der Waals surface area contributed by atoms with Crippen LogP contribution in [0.2, 0.25) is 0 Å². The van der Waals surface area contributed by atoms with Crippen LogP contribution in [0.5, 0.6) is 0 Å². The lowest BCUT2D eigenvalue weighted by molar-refractivity contribution is -0.210. The fraction of sp³-hybridized carbons (Fsp3) is 0.480. The molecular formula is C25H33NO3. The van der Waals surface area contributed by atoms with E-state index in [1.807, 2.05) is 32.9 Å². The Bertz CT molecular complexity index is 960. The molecule has 0 saturated carbocycles. The number of fused-ring (bicyclic) bond motifs is 5. The predicted molar refractivity (Wildman–Crippen MR) is 118 cm³/mol. The summed E-state index contributed by atoms with van der Waals surface area (Å²) in [4.78, 5) is 12.6. The van der Waals surface area contributed by atoms with E-state index in [1.54, 1.807) is 6.92 Å². The van der Waals surface area contributed by atoms with Crippen molar-refractivity contribution >= 4 is 22.3 Å². The molecule has 2 aromatic carbocycles. The third kappa shape index (κ3) is 4.24. The SMILES string of the molecule is CC.Cc1cc2ccccc2c2c1CC(=O)OC(C)(O)CC1(C)C=C2C(N)CC1. The molecule has 0 spiro atoms. The van der Waals surface area contributed by atoms with Crippen molar-refractivity contribution in [2.75, 3.05) is 0 Å². The molecule has 1 aliphatic heterocycles. The molecule has 0 amide bonds. The number of allylic oxidation sites excluding steroid dienone is 1. The van der Waals surface area contributed by atoms with E-state index in [1.165, 1.54) is 0 Å². The summed E-state index contributed by atoms with van der Waals surface area (Å²) >= 11 is 0. The number of hydrogen-bond acceptors (Lipinski definition) is 4. The molecule has 0 saturated heterocycles. The Morgan fingerprint density at radius 2 is 1.90 bits per heavy atom. The van der Waals surface area contributed by atoms with Gasteiger partial charge in [0.25, 0.3) is 0 Å². The fourth-order valence-corrected chi connectivity index (χ4v) is 4.89. The maximum absolute atomic E-state index is 12.6. The smallest absolute Gasteiger partial charge is 0.312 e. The summed E-state index contributed by atoms with van der Waals surface area (Å²) in [6.07, 6.45) is 4.40. The molecule has 3 unspecified atom stereocenters. The highest BCUT2D eigenvalue weighted by molar-refractivity contribution is 5.98. The average molecular weight is 396 g/mol. The zero-order valence-electron chi connectivity index (χ0n) is 18.2. The number of aryl methyl sites for hydroxylation is 1. The summed E-state index contributed by atoms with van der Waals surface area (Å²) in [5, 5.41) is 13.0. The van der Waals surface area contributed by atoms with E-state index >= 15 is 0 Å².